The third kappa shape index (κ3) is 2.40. The maximum Gasteiger partial charge on any atom is 0.350 e. The Kier molecular flexibility index (Phi) is 3.23. The number of carbonyl (C=O) groups is 1. The van der Waals surface area contributed by atoms with Crippen molar-refractivity contribution in [2.45, 2.75) is 6.54 Å². The fourth-order valence-corrected chi connectivity index (χ4v) is 2.01. The summed E-state index contributed by atoms with van der Waals surface area (Å²) in [5.74, 6) is 0.375. The zero-order valence-electron chi connectivity index (χ0n) is 11.3. The van der Waals surface area contributed by atoms with Crippen molar-refractivity contribution in [2.24, 2.45) is 0 Å². The van der Waals surface area contributed by atoms with Crippen molar-refractivity contribution in [3.63, 3.8) is 0 Å². The van der Waals surface area contributed by atoms with Crippen LogP contribution in [0.25, 0.3) is 5.65 Å². The van der Waals surface area contributed by atoms with Gasteiger partial charge in [-0.25, -0.2) is 13.9 Å². The molecular weight excluding hydrogens is 272 g/mol. The first-order valence-corrected chi connectivity index (χ1v) is 6.25. The molecule has 0 fully saturated rings. The number of aromatic nitrogens is 4. The van der Waals surface area contributed by atoms with Crippen molar-refractivity contribution in [3.8, 4) is 5.75 Å². The monoisotopic (exact) mass is 284 g/mol. The highest BCUT2D eigenvalue weighted by Crippen LogP contribution is 2.13. The highest BCUT2D eigenvalue weighted by Gasteiger charge is 2.12. The molecule has 0 aliphatic carbocycles. The quantitative estimate of drug-likeness (QED) is 0.662. The van der Waals surface area contributed by atoms with Gasteiger partial charge >= 0.3 is 5.69 Å². The molecule has 0 atom stereocenters. The summed E-state index contributed by atoms with van der Waals surface area (Å²) in [7, 11) is 1.53. The Morgan fingerprint density at radius 3 is 3.00 bits per heavy atom. The molecule has 7 heteroatoms. The summed E-state index contributed by atoms with van der Waals surface area (Å²) in [6.45, 7) is -0.131. The molecule has 1 aromatic carbocycles. The molecule has 0 unspecified atom stereocenters. The Morgan fingerprint density at radius 1 is 1.38 bits per heavy atom. The van der Waals surface area contributed by atoms with E-state index in [1.807, 2.05) is 0 Å². The van der Waals surface area contributed by atoms with Gasteiger partial charge in [-0.3, -0.25) is 9.78 Å². The number of fused-ring (bicyclic) bond motifs is 1. The van der Waals surface area contributed by atoms with E-state index in [-0.39, 0.29) is 18.0 Å². The van der Waals surface area contributed by atoms with Crippen LogP contribution in [0.5, 0.6) is 5.75 Å². The maximum atomic E-state index is 12.2. The van der Waals surface area contributed by atoms with Crippen molar-refractivity contribution in [1.29, 1.82) is 0 Å². The Bertz CT molecular complexity index is 866. The molecule has 2 aromatic heterocycles. The van der Waals surface area contributed by atoms with E-state index in [1.54, 1.807) is 24.3 Å². The highest BCUT2D eigenvalue weighted by molar-refractivity contribution is 5.96. The standard InChI is InChI=1S/C14H12N4O3/c1-21-11-4-2-3-10(7-11)12(19)9-18-14(20)17-6-5-15-8-13(17)16-18/h2-8H,9H2,1H3. The van der Waals surface area contributed by atoms with Gasteiger partial charge in [-0.2, -0.15) is 0 Å². The fraction of sp³-hybridized carbons (Fsp3) is 0.143. The van der Waals surface area contributed by atoms with Gasteiger partial charge in [0, 0.05) is 18.0 Å². The van der Waals surface area contributed by atoms with E-state index in [9.17, 15) is 9.59 Å². The van der Waals surface area contributed by atoms with E-state index in [1.165, 1.54) is 30.1 Å². The van der Waals surface area contributed by atoms with E-state index in [4.69, 9.17) is 4.74 Å². The van der Waals surface area contributed by atoms with Gasteiger partial charge in [0.1, 0.15) is 12.3 Å². The number of benzene rings is 1. The van der Waals surface area contributed by atoms with Crippen LogP contribution in [0.2, 0.25) is 0 Å². The summed E-state index contributed by atoms with van der Waals surface area (Å²) in [6.07, 6.45) is 4.47. The second-order valence-electron chi connectivity index (χ2n) is 4.40. The second-order valence-corrected chi connectivity index (χ2v) is 4.40. The molecule has 0 saturated heterocycles. The van der Waals surface area contributed by atoms with Crippen molar-refractivity contribution in [3.05, 3.63) is 58.9 Å². The summed E-state index contributed by atoms with van der Waals surface area (Å²) in [6, 6.07) is 6.78. The molecule has 0 aliphatic rings. The Morgan fingerprint density at radius 2 is 2.24 bits per heavy atom. The third-order valence-corrected chi connectivity index (χ3v) is 3.07. The smallest absolute Gasteiger partial charge is 0.350 e. The van der Waals surface area contributed by atoms with Gasteiger partial charge < -0.3 is 4.74 Å². The first-order valence-electron chi connectivity index (χ1n) is 6.25. The summed E-state index contributed by atoms with van der Waals surface area (Å²) in [4.78, 5) is 28.2. The number of ketones is 1. The van der Waals surface area contributed by atoms with Crippen LogP contribution < -0.4 is 10.4 Å². The van der Waals surface area contributed by atoms with Crippen LogP contribution >= 0.6 is 0 Å². The Balaban J connectivity index is 1.92. The molecule has 0 bridgehead atoms. The van der Waals surface area contributed by atoms with Crippen LogP contribution in [-0.2, 0) is 6.54 Å². The second kappa shape index (κ2) is 5.20. The van der Waals surface area contributed by atoms with E-state index in [0.717, 1.165) is 4.68 Å². The van der Waals surface area contributed by atoms with Gasteiger partial charge in [0.05, 0.1) is 13.3 Å². The average Bonchev–Trinajstić information content (AvgIpc) is 2.84. The van der Waals surface area contributed by atoms with Crippen LogP contribution in [0.3, 0.4) is 0 Å². The third-order valence-electron chi connectivity index (χ3n) is 3.07. The predicted octanol–water partition coefficient (Wildman–Crippen LogP) is 0.782. The van der Waals surface area contributed by atoms with Gasteiger partial charge in [0.2, 0.25) is 0 Å². The Hall–Kier alpha value is -2.96. The number of ether oxygens (including phenoxy) is 1. The molecule has 0 spiro atoms. The average molecular weight is 284 g/mol. The van der Waals surface area contributed by atoms with Crippen molar-refractivity contribution in [1.82, 2.24) is 19.2 Å². The number of hydrogen-bond donors (Lipinski definition) is 0. The zero-order valence-corrected chi connectivity index (χ0v) is 11.3. The van der Waals surface area contributed by atoms with E-state index >= 15 is 0 Å². The SMILES string of the molecule is COc1cccc(C(=O)Cn2nc3cnccn3c2=O)c1. The molecule has 0 saturated carbocycles. The lowest BCUT2D eigenvalue weighted by atomic mass is 10.1. The summed E-state index contributed by atoms with van der Waals surface area (Å²) in [5.41, 5.74) is 0.501. The molecule has 3 rings (SSSR count). The minimum atomic E-state index is -0.372. The Labute approximate surface area is 119 Å². The molecule has 106 valence electrons. The van der Waals surface area contributed by atoms with Crippen LogP contribution in [0.1, 0.15) is 10.4 Å². The number of Topliss-reactive ketones (excluding diaryl/α,β-unsaturated/α-hetero) is 1. The van der Waals surface area contributed by atoms with Crippen LogP contribution in [0, 0.1) is 0 Å². The van der Waals surface area contributed by atoms with Crippen LogP contribution in [0.4, 0.5) is 0 Å². The number of rotatable bonds is 4. The van der Waals surface area contributed by atoms with E-state index in [2.05, 4.69) is 10.1 Å². The van der Waals surface area contributed by atoms with Gasteiger partial charge in [-0.05, 0) is 12.1 Å². The maximum absolute atomic E-state index is 12.2. The number of methoxy groups -OCH3 is 1. The van der Waals surface area contributed by atoms with Gasteiger partial charge in [-0.1, -0.05) is 12.1 Å². The van der Waals surface area contributed by atoms with Crippen LogP contribution in [-0.4, -0.2) is 32.1 Å². The molecule has 0 amide bonds. The van der Waals surface area contributed by atoms with Crippen molar-refractivity contribution >= 4 is 11.4 Å². The molecule has 21 heavy (non-hydrogen) atoms. The fourth-order valence-electron chi connectivity index (χ4n) is 2.01. The van der Waals surface area contributed by atoms with Gasteiger partial charge in [-0.15, -0.1) is 5.10 Å². The first kappa shape index (κ1) is 13.0. The molecule has 0 N–H and O–H groups in total. The lowest BCUT2D eigenvalue weighted by Crippen LogP contribution is -2.25. The molecule has 0 aliphatic heterocycles. The molecule has 7 nitrogen and oxygen atoms in total. The molecule has 0 radical (unpaired) electrons. The van der Waals surface area contributed by atoms with Gasteiger partial charge in [0.15, 0.2) is 11.4 Å². The summed E-state index contributed by atoms with van der Waals surface area (Å²) in [5, 5.41) is 4.07. The highest BCUT2D eigenvalue weighted by atomic mass is 16.5. The number of hydrogen-bond acceptors (Lipinski definition) is 5. The topological polar surface area (TPSA) is 78.5 Å². The first-order chi connectivity index (χ1) is 10.2. The van der Waals surface area contributed by atoms with Gasteiger partial charge in [0.25, 0.3) is 0 Å². The van der Waals surface area contributed by atoms with Crippen molar-refractivity contribution in [2.75, 3.05) is 7.11 Å². The number of nitrogens with zero attached hydrogens (tertiary/aromatic N) is 4. The lowest BCUT2D eigenvalue weighted by molar-refractivity contribution is 0.0966. The molecule has 2 heterocycles. The lowest BCUT2D eigenvalue weighted by Gasteiger charge is -2.03. The van der Waals surface area contributed by atoms with E-state index < -0.39 is 0 Å². The predicted molar refractivity (Wildman–Crippen MR) is 74.6 cm³/mol. The zero-order chi connectivity index (χ0) is 14.8. The number of carbonyl (C=O) groups excluding carboxylic acids is 1. The summed E-state index contributed by atoms with van der Waals surface area (Å²) >= 11 is 0. The van der Waals surface area contributed by atoms with E-state index in [0.29, 0.717) is 17.0 Å². The minimum absolute atomic E-state index is 0.131. The van der Waals surface area contributed by atoms with Crippen LogP contribution in [0.15, 0.2) is 47.7 Å². The largest absolute Gasteiger partial charge is 0.497 e. The summed E-state index contributed by atoms with van der Waals surface area (Å²) < 4.78 is 7.54. The van der Waals surface area contributed by atoms with Crippen molar-refractivity contribution < 1.29 is 9.53 Å². The molecular formula is C14H12N4O3. The minimum Gasteiger partial charge on any atom is -0.497 e. The molecule has 3 aromatic rings. The normalized spacial score (nSPS) is 10.7.